The van der Waals surface area contributed by atoms with E-state index in [0.29, 0.717) is 5.56 Å². The quantitative estimate of drug-likeness (QED) is 0.385. The summed E-state index contributed by atoms with van der Waals surface area (Å²) in [4.78, 5) is 14.9. The van der Waals surface area contributed by atoms with Gasteiger partial charge < -0.3 is 9.30 Å². The van der Waals surface area contributed by atoms with E-state index in [1.165, 1.54) is 11.1 Å². The predicted molar refractivity (Wildman–Crippen MR) is 135 cm³/mol. The largest absolute Gasteiger partial charge is 0.379 e. The molecule has 0 atom stereocenters. The topological polar surface area (TPSA) is 58.9 Å². The fraction of sp³-hybridized carbons (Fsp3) is 0.308. The van der Waals surface area contributed by atoms with Crippen LogP contribution in [0.4, 0.5) is 0 Å². The fourth-order valence-corrected chi connectivity index (χ4v) is 4.69. The van der Waals surface area contributed by atoms with Gasteiger partial charge in [0, 0.05) is 52.3 Å². The monoisotopic (exact) mass is 508 g/mol. The molecule has 1 aliphatic rings. The summed E-state index contributed by atoms with van der Waals surface area (Å²) >= 11 is 3.69. The first-order valence-corrected chi connectivity index (χ1v) is 11.9. The Morgan fingerprint density at radius 1 is 1.09 bits per heavy atom. The molecule has 1 amide bonds. The highest BCUT2D eigenvalue weighted by Gasteiger charge is 2.16. The molecule has 6 nitrogen and oxygen atoms in total. The number of hydrazone groups is 1. The van der Waals surface area contributed by atoms with Crippen molar-refractivity contribution in [3.63, 3.8) is 0 Å². The molecule has 172 valence electrons. The van der Waals surface area contributed by atoms with Gasteiger partial charge in [0.25, 0.3) is 5.91 Å². The molecule has 0 unspecified atom stereocenters. The molecule has 2 heterocycles. The number of nitrogens with zero attached hydrogens (tertiary/aromatic N) is 3. The van der Waals surface area contributed by atoms with Crippen LogP contribution in [0.5, 0.6) is 0 Å². The Balaban J connectivity index is 1.43. The number of morpholine rings is 1. The van der Waals surface area contributed by atoms with E-state index in [0.717, 1.165) is 60.0 Å². The lowest BCUT2D eigenvalue weighted by atomic mass is 10.1. The lowest BCUT2D eigenvalue weighted by Gasteiger charge is -2.26. The van der Waals surface area contributed by atoms with Gasteiger partial charge in [-0.25, -0.2) is 5.43 Å². The molecule has 0 spiro atoms. The molecule has 0 bridgehead atoms. The number of aromatic nitrogens is 1. The van der Waals surface area contributed by atoms with Crippen molar-refractivity contribution in [3.05, 3.63) is 86.6 Å². The zero-order valence-electron chi connectivity index (χ0n) is 19.3. The Morgan fingerprint density at radius 2 is 1.82 bits per heavy atom. The van der Waals surface area contributed by atoms with Crippen molar-refractivity contribution in [2.45, 2.75) is 27.3 Å². The number of carbonyl (C=O) groups is 1. The van der Waals surface area contributed by atoms with E-state index >= 15 is 0 Å². The van der Waals surface area contributed by atoms with Gasteiger partial charge in [-0.15, -0.1) is 0 Å². The van der Waals surface area contributed by atoms with E-state index in [2.05, 4.69) is 81.0 Å². The SMILES string of the molecule is Cc1cccc(-n2c(C)c(Br)c(/C=N\NC(=O)c3ccc(CN4CCOCC4)cc3)c2C)c1. The second-order valence-electron chi connectivity index (χ2n) is 8.36. The van der Waals surface area contributed by atoms with Gasteiger partial charge in [-0.3, -0.25) is 9.69 Å². The Kier molecular flexibility index (Phi) is 7.42. The number of benzene rings is 2. The summed E-state index contributed by atoms with van der Waals surface area (Å²) < 4.78 is 8.55. The Labute approximate surface area is 203 Å². The maximum absolute atomic E-state index is 12.6. The van der Waals surface area contributed by atoms with Crippen LogP contribution >= 0.6 is 15.9 Å². The van der Waals surface area contributed by atoms with E-state index in [1.54, 1.807) is 6.21 Å². The van der Waals surface area contributed by atoms with Gasteiger partial charge in [-0.1, -0.05) is 24.3 Å². The summed E-state index contributed by atoms with van der Waals surface area (Å²) in [7, 11) is 0. The lowest BCUT2D eigenvalue weighted by molar-refractivity contribution is 0.0342. The second kappa shape index (κ2) is 10.5. The van der Waals surface area contributed by atoms with Crippen molar-refractivity contribution in [1.82, 2.24) is 14.9 Å². The van der Waals surface area contributed by atoms with Gasteiger partial charge in [-0.2, -0.15) is 5.10 Å². The number of amides is 1. The molecule has 0 saturated carbocycles. The highest BCUT2D eigenvalue weighted by atomic mass is 79.9. The second-order valence-corrected chi connectivity index (χ2v) is 9.15. The van der Waals surface area contributed by atoms with Crippen molar-refractivity contribution >= 4 is 28.1 Å². The maximum Gasteiger partial charge on any atom is 0.271 e. The first kappa shape index (κ1) is 23.4. The van der Waals surface area contributed by atoms with Crippen LogP contribution in [0.1, 0.15) is 38.4 Å². The van der Waals surface area contributed by atoms with Crippen molar-refractivity contribution in [2.24, 2.45) is 5.10 Å². The molecule has 0 aliphatic carbocycles. The first-order chi connectivity index (χ1) is 15.9. The van der Waals surface area contributed by atoms with Gasteiger partial charge >= 0.3 is 0 Å². The van der Waals surface area contributed by atoms with Crippen LogP contribution in [0, 0.1) is 20.8 Å². The zero-order chi connectivity index (χ0) is 23.4. The van der Waals surface area contributed by atoms with E-state index in [-0.39, 0.29) is 5.91 Å². The number of hydrogen-bond acceptors (Lipinski definition) is 4. The van der Waals surface area contributed by atoms with E-state index in [1.807, 2.05) is 24.3 Å². The number of rotatable bonds is 6. The van der Waals surface area contributed by atoms with Crippen LogP contribution in [-0.4, -0.2) is 47.9 Å². The summed E-state index contributed by atoms with van der Waals surface area (Å²) in [6, 6.07) is 16.1. The van der Waals surface area contributed by atoms with Crippen LogP contribution in [0.15, 0.2) is 58.1 Å². The molecule has 4 rings (SSSR count). The van der Waals surface area contributed by atoms with E-state index in [4.69, 9.17) is 4.74 Å². The molecule has 1 saturated heterocycles. The van der Waals surface area contributed by atoms with Gasteiger partial charge in [0.15, 0.2) is 0 Å². The summed E-state index contributed by atoms with van der Waals surface area (Å²) in [5, 5.41) is 4.23. The van der Waals surface area contributed by atoms with Crippen molar-refractivity contribution in [1.29, 1.82) is 0 Å². The molecule has 0 radical (unpaired) electrons. The highest BCUT2D eigenvalue weighted by Crippen LogP contribution is 2.29. The van der Waals surface area contributed by atoms with Gasteiger partial charge in [-0.05, 0) is 72.1 Å². The number of carbonyl (C=O) groups excluding carboxylic acids is 1. The molecule has 1 aromatic heterocycles. The van der Waals surface area contributed by atoms with Crippen molar-refractivity contribution in [2.75, 3.05) is 26.3 Å². The summed E-state index contributed by atoms with van der Waals surface area (Å²) in [5.74, 6) is -0.229. The van der Waals surface area contributed by atoms with E-state index < -0.39 is 0 Å². The average Bonchev–Trinajstić information content (AvgIpc) is 3.03. The van der Waals surface area contributed by atoms with Crippen LogP contribution in [0.3, 0.4) is 0 Å². The number of ether oxygens (including phenoxy) is 1. The van der Waals surface area contributed by atoms with Crippen molar-refractivity contribution < 1.29 is 9.53 Å². The first-order valence-electron chi connectivity index (χ1n) is 11.1. The molecule has 33 heavy (non-hydrogen) atoms. The fourth-order valence-electron chi connectivity index (χ4n) is 4.13. The number of nitrogens with one attached hydrogen (secondary N) is 1. The zero-order valence-corrected chi connectivity index (χ0v) is 20.9. The minimum Gasteiger partial charge on any atom is -0.379 e. The third-order valence-corrected chi connectivity index (χ3v) is 6.96. The summed E-state index contributed by atoms with van der Waals surface area (Å²) in [5.41, 5.74) is 9.81. The molecule has 1 fully saturated rings. The van der Waals surface area contributed by atoms with E-state index in [9.17, 15) is 4.79 Å². The smallest absolute Gasteiger partial charge is 0.271 e. The van der Waals surface area contributed by atoms with Crippen LogP contribution in [-0.2, 0) is 11.3 Å². The molecule has 2 aromatic carbocycles. The summed E-state index contributed by atoms with van der Waals surface area (Å²) in [6.45, 7) is 10.5. The minimum absolute atomic E-state index is 0.229. The Bertz CT molecular complexity index is 1160. The number of hydrogen-bond donors (Lipinski definition) is 1. The normalized spacial score (nSPS) is 14.7. The number of halogens is 1. The third kappa shape index (κ3) is 5.43. The molecular formula is C26H29BrN4O2. The average molecular weight is 509 g/mol. The lowest BCUT2D eigenvalue weighted by Crippen LogP contribution is -2.35. The molecule has 1 N–H and O–H groups in total. The van der Waals surface area contributed by atoms with Crippen molar-refractivity contribution in [3.8, 4) is 5.69 Å². The maximum atomic E-state index is 12.6. The molecular weight excluding hydrogens is 480 g/mol. The third-order valence-electron chi connectivity index (χ3n) is 5.96. The Morgan fingerprint density at radius 3 is 2.52 bits per heavy atom. The highest BCUT2D eigenvalue weighted by molar-refractivity contribution is 9.10. The minimum atomic E-state index is -0.229. The van der Waals surface area contributed by atoms with Gasteiger partial charge in [0.1, 0.15) is 0 Å². The van der Waals surface area contributed by atoms with Crippen LogP contribution < -0.4 is 5.43 Å². The molecule has 7 heteroatoms. The predicted octanol–water partition coefficient (Wildman–Crippen LogP) is 4.76. The molecule has 3 aromatic rings. The Hall–Kier alpha value is -2.74. The van der Waals surface area contributed by atoms with Gasteiger partial charge in [0.05, 0.1) is 19.4 Å². The van der Waals surface area contributed by atoms with Crippen LogP contribution in [0.2, 0.25) is 0 Å². The number of aryl methyl sites for hydroxylation is 1. The summed E-state index contributed by atoms with van der Waals surface area (Å²) in [6.07, 6.45) is 1.70. The van der Waals surface area contributed by atoms with Gasteiger partial charge in [0.2, 0.25) is 0 Å². The molecule has 1 aliphatic heterocycles. The standard InChI is InChI=1S/C26H29BrN4O2/c1-18-5-4-6-23(15-18)31-19(2)24(25(27)20(31)3)16-28-29-26(32)22-9-7-21(8-10-22)17-30-11-13-33-14-12-30/h4-10,15-16H,11-14,17H2,1-3H3,(H,29,32)/b28-16-. The van der Waals surface area contributed by atoms with Crippen LogP contribution in [0.25, 0.3) is 5.69 Å².